The Kier molecular flexibility index (Phi) is 3.79. The van der Waals surface area contributed by atoms with Gasteiger partial charge in [0.25, 0.3) is 0 Å². The summed E-state index contributed by atoms with van der Waals surface area (Å²) >= 11 is 0. The average molecular weight is 211 g/mol. The Balaban J connectivity index is 2.53. The lowest BCUT2D eigenvalue weighted by Gasteiger charge is -2.07. The van der Waals surface area contributed by atoms with Crippen LogP contribution in [0.3, 0.4) is 0 Å². The largest absolute Gasteiger partial charge is 0.352 e. The summed E-state index contributed by atoms with van der Waals surface area (Å²) in [5, 5.41) is 6.85. The van der Waals surface area contributed by atoms with Gasteiger partial charge >= 0.3 is 0 Å². The second-order valence-electron chi connectivity index (χ2n) is 3.81. The third kappa shape index (κ3) is 3.67. The third-order valence-electron chi connectivity index (χ3n) is 1.72. The first kappa shape index (κ1) is 11.6. The van der Waals surface area contributed by atoms with Gasteiger partial charge in [-0.15, -0.1) is 0 Å². The molecule has 1 rings (SSSR count). The molecule has 1 atom stereocenters. The van der Waals surface area contributed by atoms with E-state index < -0.39 is 0 Å². The minimum Gasteiger partial charge on any atom is -0.352 e. The molecule has 0 spiro atoms. The molecule has 0 aliphatic heterocycles. The number of carbonyl (C=O) groups excluding carboxylic acids is 1. The van der Waals surface area contributed by atoms with Crippen LogP contribution in [0.2, 0.25) is 0 Å². The van der Waals surface area contributed by atoms with Crippen molar-refractivity contribution in [2.45, 2.75) is 39.4 Å². The minimum atomic E-state index is -0.209. The Morgan fingerprint density at radius 2 is 2.27 bits per heavy atom. The van der Waals surface area contributed by atoms with Crippen molar-refractivity contribution in [2.24, 2.45) is 5.73 Å². The fraction of sp³-hybridized carbons (Fsp3) is 0.667. The highest BCUT2D eigenvalue weighted by molar-refractivity contribution is 5.75. The van der Waals surface area contributed by atoms with Gasteiger partial charge in [-0.2, -0.15) is 5.10 Å². The molecule has 6 heteroatoms. The van der Waals surface area contributed by atoms with Crippen molar-refractivity contribution in [1.82, 2.24) is 20.1 Å². The van der Waals surface area contributed by atoms with Gasteiger partial charge in [0.1, 0.15) is 12.9 Å². The predicted octanol–water partition coefficient (Wildman–Crippen LogP) is -0.178. The lowest BCUT2D eigenvalue weighted by molar-refractivity contribution is -0.122. The van der Waals surface area contributed by atoms with E-state index in [1.54, 1.807) is 6.92 Å². The molecule has 3 N–H and O–H groups in total. The quantitative estimate of drug-likeness (QED) is 0.723. The van der Waals surface area contributed by atoms with E-state index in [1.807, 2.05) is 13.8 Å². The zero-order chi connectivity index (χ0) is 11.4. The Morgan fingerprint density at radius 1 is 1.60 bits per heavy atom. The van der Waals surface area contributed by atoms with Crippen LogP contribution in [0, 0.1) is 0 Å². The van der Waals surface area contributed by atoms with Gasteiger partial charge in [-0.1, -0.05) is 0 Å². The number of rotatable bonds is 4. The van der Waals surface area contributed by atoms with Gasteiger partial charge in [0.05, 0.1) is 6.04 Å². The maximum atomic E-state index is 11.4. The first-order chi connectivity index (χ1) is 6.99. The van der Waals surface area contributed by atoms with Gasteiger partial charge in [-0.25, -0.2) is 9.67 Å². The van der Waals surface area contributed by atoms with E-state index in [9.17, 15) is 4.79 Å². The van der Waals surface area contributed by atoms with Crippen molar-refractivity contribution in [2.75, 3.05) is 0 Å². The first-order valence-corrected chi connectivity index (χ1v) is 4.93. The number of nitrogens with one attached hydrogen (secondary N) is 1. The van der Waals surface area contributed by atoms with Crippen molar-refractivity contribution >= 4 is 5.91 Å². The lowest BCUT2D eigenvalue weighted by Crippen LogP contribution is -2.33. The van der Waals surface area contributed by atoms with Gasteiger partial charge in [0, 0.05) is 6.04 Å². The van der Waals surface area contributed by atoms with E-state index >= 15 is 0 Å². The summed E-state index contributed by atoms with van der Waals surface area (Å²) in [4.78, 5) is 15.4. The molecule has 0 aromatic carbocycles. The maximum absolute atomic E-state index is 11.4. The molecule has 1 amide bonds. The molecule has 0 fully saturated rings. The summed E-state index contributed by atoms with van der Waals surface area (Å²) in [7, 11) is 0. The van der Waals surface area contributed by atoms with Crippen LogP contribution in [0.25, 0.3) is 0 Å². The Labute approximate surface area is 88.9 Å². The van der Waals surface area contributed by atoms with Crippen molar-refractivity contribution in [3.05, 3.63) is 12.2 Å². The third-order valence-corrected chi connectivity index (χ3v) is 1.72. The first-order valence-electron chi connectivity index (χ1n) is 4.93. The summed E-state index contributed by atoms with van der Waals surface area (Å²) < 4.78 is 1.48. The van der Waals surface area contributed by atoms with Crippen molar-refractivity contribution in [3.8, 4) is 0 Å². The molecule has 15 heavy (non-hydrogen) atoms. The Morgan fingerprint density at radius 3 is 2.73 bits per heavy atom. The van der Waals surface area contributed by atoms with Crippen molar-refractivity contribution in [1.29, 1.82) is 0 Å². The summed E-state index contributed by atoms with van der Waals surface area (Å²) in [5.41, 5.74) is 5.60. The molecule has 0 radical (unpaired) electrons. The van der Waals surface area contributed by atoms with E-state index in [2.05, 4.69) is 15.4 Å². The maximum Gasteiger partial charge on any atom is 0.241 e. The summed E-state index contributed by atoms with van der Waals surface area (Å²) in [5.74, 6) is 0.471. The van der Waals surface area contributed by atoms with Crippen LogP contribution in [-0.2, 0) is 11.3 Å². The van der Waals surface area contributed by atoms with Crippen LogP contribution in [0.1, 0.15) is 32.6 Å². The molecule has 1 aromatic rings. The van der Waals surface area contributed by atoms with Gasteiger partial charge in [-0.05, 0) is 20.8 Å². The molecular weight excluding hydrogens is 194 g/mol. The normalized spacial score (nSPS) is 12.9. The number of hydrogen-bond donors (Lipinski definition) is 2. The smallest absolute Gasteiger partial charge is 0.241 e. The van der Waals surface area contributed by atoms with Crippen molar-refractivity contribution < 1.29 is 4.79 Å². The van der Waals surface area contributed by atoms with Crippen LogP contribution < -0.4 is 11.1 Å². The van der Waals surface area contributed by atoms with Gasteiger partial charge in [-0.3, -0.25) is 4.79 Å². The fourth-order valence-corrected chi connectivity index (χ4v) is 1.11. The average Bonchev–Trinajstić information content (AvgIpc) is 2.50. The topological polar surface area (TPSA) is 85.8 Å². The van der Waals surface area contributed by atoms with E-state index in [0.29, 0.717) is 5.82 Å². The molecular formula is C9H17N5O. The number of nitrogens with two attached hydrogens (primary N) is 1. The highest BCUT2D eigenvalue weighted by Crippen LogP contribution is 2.00. The predicted molar refractivity (Wildman–Crippen MR) is 55.9 cm³/mol. The van der Waals surface area contributed by atoms with E-state index in [-0.39, 0.29) is 24.5 Å². The molecule has 0 bridgehead atoms. The standard InChI is InChI=1S/C9H17N5O/c1-6(2)12-8(15)4-14-5-11-9(13-14)7(3)10/h5-7H,4,10H2,1-3H3,(H,12,15). The molecule has 1 heterocycles. The number of amides is 1. The van der Waals surface area contributed by atoms with Crippen LogP contribution in [0.5, 0.6) is 0 Å². The second kappa shape index (κ2) is 4.88. The highest BCUT2D eigenvalue weighted by Gasteiger charge is 2.08. The Hall–Kier alpha value is -1.43. The van der Waals surface area contributed by atoms with Crippen LogP contribution in [-0.4, -0.2) is 26.7 Å². The number of carbonyl (C=O) groups is 1. The molecule has 1 unspecified atom stereocenters. The van der Waals surface area contributed by atoms with Gasteiger partial charge in [0.2, 0.25) is 5.91 Å². The number of hydrogen-bond acceptors (Lipinski definition) is 4. The monoisotopic (exact) mass is 211 g/mol. The molecule has 1 aromatic heterocycles. The van der Waals surface area contributed by atoms with E-state index in [4.69, 9.17) is 5.73 Å². The number of nitrogens with zero attached hydrogens (tertiary/aromatic N) is 3. The van der Waals surface area contributed by atoms with Crippen LogP contribution in [0.4, 0.5) is 0 Å². The van der Waals surface area contributed by atoms with Gasteiger partial charge in [0.15, 0.2) is 5.82 Å². The lowest BCUT2D eigenvalue weighted by atomic mass is 10.3. The molecule has 0 aliphatic rings. The zero-order valence-electron chi connectivity index (χ0n) is 9.27. The van der Waals surface area contributed by atoms with E-state index in [1.165, 1.54) is 11.0 Å². The summed E-state index contributed by atoms with van der Waals surface area (Å²) in [6.45, 7) is 5.80. The van der Waals surface area contributed by atoms with E-state index in [0.717, 1.165) is 0 Å². The number of aromatic nitrogens is 3. The fourth-order valence-electron chi connectivity index (χ4n) is 1.11. The molecule has 6 nitrogen and oxygen atoms in total. The Bertz CT molecular complexity index is 331. The van der Waals surface area contributed by atoms with Crippen LogP contribution in [0.15, 0.2) is 6.33 Å². The molecule has 0 saturated carbocycles. The van der Waals surface area contributed by atoms with Crippen LogP contribution >= 0.6 is 0 Å². The summed E-state index contributed by atoms with van der Waals surface area (Å²) in [6.07, 6.45) is 1.51. The zero-order valence-corrected chi connectivity index (χ0v) is 9.27. The highest BCUT2D eigenvalue weighted by atomic mass is 16.2. The van der Waals surface area contributed by atoms with Gasteiger partial charge < -0.3 is 11.1 Å². The summed E-state index contributed by atoms with van der Waals surface area (Å²) in [6, 6.07) is -0.0756. The minimum absolute atomic E-state index is 0.0777. The SMILES string of the molecule is CC(C)NC(=O)Cn1cnc(C(C)N)n1. The second-order valence-corrected chi connectivity index (χ2v) is 3.81. The molecule has 84 valence electrons. The van der Waals surface area contributed by atoms with Crippen molar-refractivity contribution in [3.63, 3.8) is 0 Å². The molecule has 0 aliphatic carbocycles. The molecule has 0 saturated heterocycles.